The highest BCUT2D eigenvalue weighted by atomic mass is 19.1. The molecule has 0 saturated carbocycles. The summed E-state index contributed by atoms with van der Waals surface area (Å²) in [5, 5.41) is 3.44. The predicted molar refractivity (Wildman–Crippen MR) is 66.4 cm³/mol. The van der Waals surface area contributed by atoms with Crippen LogP contribution < -0.4 is 5.32 Å². The Kier molecular flexibility index (Phi) is 3.50. The van der Waals surface area contributed by atoms with Gasteiger partial charge < -0.3 is 10.1 Å². The Bertz CT molecular complexity index is 396. The van der Waals surface area contributed by atoms with Crippen molar-refractivity contribution in [1.29, 1.82) is 0 Å². The van der Waals surface area contributed by atoms with Crippen molar-refractivity contribution < 1.29 is 9.13 Å². The van der Waals surface area contributed by atoms with Crippen LogP contribution in [0.25, 0.3) is 0 Å². The maximum atomic E-state index is 13.2. The van der Waals surface area contributed by atoms with Gasteiger partial charge in [-0.2, -0.15) is 0 Å². The molecule has 1 N–H and O–H groups in total. The van der Waals surface area contributed by atoms with Crippen molar-refractivity contribution in [2.75, 3.05) is 6.54 Å². The average Bonchev–Trinajstić information content (AvgIpc) is 2.33. The van der Waals surface area contributed by atoms with Gasteiger partial charge in [0.25, 0.3) is 0 Å². The minimum Gasteiger partial charge on any atom is -0.364 e. The SMILES string of the molecule is CCC1(C)CNC(C)C(c2cccc(F)c2)O1. The molecule has 1 aliphatic rings. The van der Waals surface area contributed by atoms with Gasteiger partial charge in [-0.25, -0.2) is 4.39 Å². The molecule has 1 fully saturated rings. The lowest BCUT2D eigenvalue weighted by Crippen LogP contribution is -2.53. The van der Waals surface area contributed by atoms with Crippen LogP contribution in [0, 0.1) is 5.82 Å². The smallest absolute Gasteiger partial charge is 0.123 e. The molecule has 0 aliphatic carbocycles. The third-order valence-electron chi connectivity index (χ3n) is 3.59. The van der Waals surface area contributed by atoms with Crippen molar-refractivity contribution in [3.05, 3.63) is 35.6 Å². The van der Waals surface area contributed by atoms with Gasteiger partial charge in [0.05, 0.1) is 11.7 Å². The molecule has 0 spiro atoms. The highest BCUT2D eigenvalue weighted by Gasteiger charge is 2.36. The Balaban J connectivity index is 2.24. The van der Waals surface area contributed by atoms with Crippen LogP contribution in [-0.4, -0.2) is 18.2 Å². The lowest BCUT2D eigenvalue weighted by molar-refractivity contribution is -0.127. The Morgan fingerprint density at radius 3 is 2.94 bits per heavy atom. The van der Waals surface area contributed by atoms with E-state index in [4.69, 9.17) is 4.74 Å². The zero-order valence-corrected chi connectivity index (χ0v) is 10.7. The van der Waals surface area contributed by atoms with Crippen molar-refractivity contribution in [3.63, 3.8) is 0 Å². The molecule has 3 atom stereocenters. The van der Waals surface area contributed by atoms with Crippen LogP contribution in [0.1, 0.15) is 38.9 Å². The van der Waals surface area contributed by atoms with E-state index in [1.54, 1.807) is 12.1 Å². The molecule has 0 aromatic heterocycles. The molecule has 2 nitrogen and oxygen atoms in total. The monoisotopic (exact) mass is 237 g/mol. The summed E-state index contributed by atoms with van der Waals surface area (Å²) in [4.78, 5) is 0. The molecule has 1 aromatic rings. The maximum absolute atomic E-state index is 13.2. The summed E-state index contributed by atoms with van der Waals surface area (Å²) < 4.78 is 19.4. The fraction of sp³-hybridized carbons (Fsp3) is 0.571. The van der Waals surface area contributed by atoms with Gasteiger partial charge in [-0.3, -0.25) is 0 Å². The second-order valence-electron chi connectivity index (χ2n) is 5.07. The first-order valence-electron chi connectivity index (χ1n) is 6.21. The van der Waals surface area contributed by atoms with Crippen LogP contribution >= 0.6 is 0 Å². The maximum Gasteiger partial charge on any atom is 0.123 e. The van der Waals surface area contributed by atoms with Gasteiger partial charge in [0.15, 0.2) is 0 Å². The van der Waals surface area contributed by atoms with Gasteiger partial charge in [0.2, 0.25) is 0 Å². The number of hydrogen-bond acceptors (Lipinski definition) is 2. The Morgan fingerprint density at radius 1 is 1.53 bits per heavy atom. The highest BCUT2D eigenvalue weighted by Crippen LogP contribution is 2.32. The standard InChI is InChI=1S/C14H20FNO/c1-4-14(3)9-16-10(2)13(17-14)11-6-5-7-12(15)8-11/h5-8,10,13,16H,4,9H2,1-3H3. The van der Waals surface area contributed by atoms with Gasteiger partial charge in [-0.05, 0) is 38.0 Å². The van der Waals surface area contributed by atoms with Crippen LogP contribution in [0.3, 0.4) is 0 Å². The number of nitrogens with one attached hydrogen (secondary N) is 1. The molecule has 2 rings (SSSR count). The summed E-state index contributed by atoms with van der Waals surface area (Å²) in [6, 6.07) is 6.89. The summed E-state index contributed by atoms with van der Waals surface area (Å²) in [5.74, 6) is -0.206. The van der Waals surface area contributed by atoms with Gasteiger partial charge in [0.1, 0.15) is 5.82 Å². The van der Waals surface area contributed by atoms with E-state index in [0.717, 1.165) is 18.5 Å². The van der Waals surface area contributed by atoms with Crippen LogP contribution in [0.2, 0.25) is 0 Å². The molecule has 1 saturated heterocycles. The van der Waals surface area contributed by atoms with Crippen molar-refractivity contribution in [1.82, 2.24) is 5.32 Å². The normalized spacial score (nSPS) is 33.6. The lowest BCUT2D eigenvalue weighted by atomic mass is 9.94. The number of benzene rings is 1. The summed E-state index contributed by atoms with van der Waals surface area (Å²) >= 11 is 0. The third-order valence-corrected chi connectivity index (χ3v) is 3.59. The summed E-state index contributed by atoms with van der Waals surface area (Å²) in [7, 11) is 0. The molecule has 1 aromatic carbocycles. The van der Waals surface area contributed by atoms with Gasteiger partial charge >= 0.3 is 0 Å². The van der Waals surface area contributed by atoms with Crippen molar-refractivity contribution >= 4 is 0 Å². The first-order valence-corrected chi connectivity index (χ1v) is 6.21. The van der Waals surface area contributed by atoms with Crippen LogP contribution in [-0.2, 0) is 4.74 Å². The topological polar surface area (TPSA) is 21.3 Å². The molecule has 3 heteroatoms. The first-order chi connectivity index (χ1) is 8.04. The number of ether oxygens (including phenoxy) is 1. The average molecular weight is 237 g/mol. The van der Waals surface area contributed by atoms with E-state index >= 15 is 0 Å². The summed E-state index contributed by atoms with van der Waals surface area (Å²) in [6.07, 6.45) is 0.864. The molecule has 0 amide bonds. The third kappa shape index (κ3) is 2.67. The molecule has 0 bridgehead atoms. The fourth-order valence-electron chi connectivity index (χ4n) is 2.18. The second-order valence-corrected chi connectivity index (χ2v) is 5.07. The van der Waals surface area contributed by atoms with E-state index in [9.17, 15) is 4.39 Å². The van der Waals surface area contributed by atoms with Gasteiger partial charge in [-0.1, -0.05) is 19.1 Å². The zero-order chi connectivity index (χ0) is 12.5. The Hall–Kier alpha value is -0.930. The van der Waals surface area contributed by atoms with E-state index in [2.05, 4.69) is 26.1 Å². The highest BCUT2D eigenvalue weighted by molar-refractivity contribution is 5.21. The number of hydrogen-bond donors (Lipinski definition) is 1. The number of morpholine rings is 1. The zero-order valence-electron chi connectivity index (χ0n) is 10.7. The number of rotatable bonds is 2. The molecular formula is C14H20FNO. The van der Waals surface area contributed by atoms with E-state index in [1.165, 1.54) is 6.07 Å². The molecule has 17 heavy (non-hydrogen) atoms. The van der Waals surface area contributed by atoms with Crippen LogP contribution in [0.15, 0.2) is 24.3 Å². The number of halogens is 1. The fourth-order valence-corrected chi connectivity index (χ4v) is 2.18. The van der Waals surface area contributed by atoms with E-state index in [-0.39, 0.29) is 23.6 Å². The quantitative estimate of drug-likeness (QED) is 0.853. The van der Waals surface area contributed by atoms with Crippen molar-refractivity contribution in [2.45, 2.75) is 44.9 Å². The van der Waals surface area contributed by atoms with Gasteiger partial charge in [0, 0.05) is 12.6 Å². The van der Waals surface area contributed by atoms with Crippen LogP contribution in [0.4, 0.5) is 4.39 Å². The summed E-state index contributed by atoms with van der Waals surface area (Å²) in [5.41, 5.74) is 0.744. The minimum absolute atomic E-state index is 0.0793. The predicted octanol–water partition coefficient (Wildman–Crippen LogP) is 3.04. The summed E-state index contributed by atoms with van der Waals surface area (Å²) in [6.45, 7) is 7.12. The molecule has 0 radical (unpaired) electrons. The van der Waals surface area contributed by atoms with E-state index < -0.39 is 0 Å². The van der Waals surface area contributed by atoms with Crippen LogP contribution in [0.5, 0.6) is 0 Å². The first kappa shape index (κ1) is 12.5. The largest absolute Gasteiger partial charge is 0.364 e. The molecule has 3 unspecified atom stereocenters. The molecular weight excluding hydrogens is 217 g/mol. The Labute approximate surface area is 102 Å². The van der Waals surface area contributed by atoms with Crippen molar-refractivity contribution in [2.24, 2.45) is 0 Å². The molecule has 94 valence electrons. The van der Waals surface area contributed by atoms with Gasteiger partial charge in [-0.15, -0.1) is 0 Å². The van der Waals surface area contributed by atoms with E-state index in [1.807, 2.05) is 6.07 Å². The lowest BCUT2D eigenvalue weighted by Gasteiger charge is -2.42. The van der Waals surface area contributed by atoms with E-state index in [0.29, 0.717) is 0 Å². The Morgan fingerprint density at radius 2 is 2.29 bits per heavy atom. The molecule has 1 aliphatic heterocycles. The second kappa shape index (κ2) is 4.75. The van der Waals surface area contributed by atoms with Crippen molar-refractivity contribution in [3.8, 4) is 0 Å². The minimum atomic E-state index is -0.206. The molecule has 1 heterocycles.